The number of aromatic nitrogens is 1. The Morgan fingerprint density at radius 1 is 1.40 bits per heavy atom. The van der Waals surface area contributed by atoms with Gasteiger partial charge in [0.15, 0.2) is 0 Å². The molecule has 0 atom stereocenters. The van der Waals surface area contributed by atoms with Gasteiger partial charge in [-0.2, -0.15) is 0 Å². The first-order valence-corrected chi connectivity index (χ1v) is 5.63. The number of fused-ring (bicyclic) bond motifs is 3. The SMILES string of the molecule is Cc1c2n(c3cc(Cl)ccc13)CCNC2. The Bertz CT molecular complexity index is 528. The van der Waals surface area contributed by atoms with E-state index in [1.165, 1.54) is 22.2 Å². The number of rotatable bonds is 0. The molecule has 0 fully saturated rings. The van der Waals surface area contributed by atoms with Gasteiger partial charge in [-0.3, -0.25) is 0 Å². The summed E-state index contributed by atoms with van der Waals surface area (Å²) < 4.78 is 2.38. The lowest BCUT2D eigenvalue weighted by Gasteiger charge is -2.17. The first-order valence-electron chi connectivity index (χ1n) is 5.25. The van der Waals surface area contributed by atoms with E-state index in [-0.39, 0.29) is 0 Å². The summed E-state index contributed by atoms with van der Waals surface area (Å²) in [5, 5.41) is 5.56. The molecule has 0 bridgehead atoms. The Balaban J connectivity index is 2.39. The Morgan fingerprint density at radius 2 is 2.27 bits per heavy atom. The quantitative estimate of drug-likeness (QED) is 0.723. The van der Waals surface area contributed by atoms with Crippen LogP contribution < -0.4 is 5.32 Å². The maximum Gasteiger partial charge on any atom is 0.0501 e. The van der Waals surface area contributed by atoms with Gasteiger partial charge in [0, 0.05) is 35.7 Å². The topological polar surface area (TPSA) is 17.0 Å². The van der Waals surface area contributed by atoms with Crippen LogP contribution >= 0.6 is 11.6 Å². The van der Waals surface area contributed by atoms with Crippen molar-refractivity contribution in [2.24, 2.45) is 0 Å². The summed E-state index contributed by atoms with van der Waals surface area (Å²) in [4.78, 5) is 0. The molecule has 0 radical (unpaired) electrons. The molecule has 3 rings (SSSR count). The third-order valence-corrected chi connectivity index (χ3v) is 3.45. The Hall–Kier alpha value is -0.990. The highest BCUT2D eigenvalue weighted by molar-refractivity contribution is 6.31. The summed E-state index contributed by atoms with van der Waals surface area (Å²) in [5.74, 6) is 0. The smallest absolute Gasteiger partial charge is 0.0501 e. The van der Waals surface area contributed by atoms with Crippen LogP contribution in [0.15, 0.2) is 18.2 Å². The molecular weight excluding hydrogens is 208 g/mol. The largest absolute Gasteiger partial charge is 0.342 e. The second-order valence-electron chi connectivity index (χ2n) is 4.06. The van der Waals surface area contributed by atoms with Crippen LogP contribution in [0.5, 0.6) is 0 Å². The molecule has 1 aromatic carbocycles. The lowest BCUT2D eigenvalue weighted by molar-refractivity contribution is 0.524. The van der Waals surface area contributed by atoms with Gasteiger partial charge in [-0.15, -0.1) is 0 Å². The molecule has 0 aliphatic carbocycles. The number of nitrogens with zero attached hydrogens (tertiary/aromatic N) is 1. The zero-order valence-electron chi connectivity index (χ0n) is 8.68. The molecular formula is C12H13ClN2. The van der Waals surface area contributed by atoms with Gasteiger partial charge in [-0.25, -0.2) is 0 Å². The first kappa shape index (κ1) is 9.25. The number of benzene rings is 1. The molecule has 2 heterocycles. The average molecular weight is 221 g/mol. The maximum absolute atomic E-state index is 6.04. The number of hydrogen-bond donors (Lipinski definition) is 1. The summed E-state index contributed by atoms with van der Waals surface area (Å²) in [5.41, 5.74) is 4.06. The van der Waals surface area contributed by atoms with Crippen LogP contribution in [0.25, 0.3) is 10.9 Å². The maximum atomic E-state index is 6.04. The molecule has 3 heteroatoms. The molecule has 1 N–H and O–H groups in total. The molecule has 0 saturated heterocycles. The summed E-state index contributed by atoms with van der Waals surface area (Å²) in [6.07, 6.45) is 0. The fourth-order valence-electron chi connectivity index (χ4n) is 2.43. The monoisotopic (exact) mass is 220 g/mol. The van der Waals surface area contributed by atoms with Gasteiger partial charge in [0.2, 0.25) is 0 Å². The summed E-state index contributed by atoms with van der Waals surface area (Å²) in [6, 6.07) is 6.16. The van der Waals surface area contributed by atoms with Gasteiger partial charge in [-0.05, 0) is 24.6 Å². The predicted molar refractivity (Wildman–Crippen MR) is 63.4 cm³/mol. The fraction of sp³-hybridized carbons (Fsp3) is 0.333. The third-order valence-electron chi connectivity index (χ3n) is 3.22. The van der Waals surface area contributed by atoms with Crippen LogP contribution in [0.1, 0.15) is 11.3 Å². The van der Waals surface area contributed by atoms with Gasteiger partial charge in [0.1, 0.15) is 0 Å². The normalized spacial score (nSPS) is 15.6. The van der Waals surface area contributed by atoms with Crippen molar-refractivity contribution < 1.29 is 0 Å². The van der Waals surface area contributed by atoms with E-state index in [4.69, 9.17) is 11.6 Å². The van der Waals surface area contributed by atoms with Gasteiger partial charge in [-0.1, -0.05) is 17.7 Å². The van der Waals surface area contributed by atoms with E-state index >= 15 is 0 Å². The summed E-state index contributed by atoms with van der Waals surface area (Å²) >= 11 is 6.04. The standard InChI is InChI=1S/C12H13ClN2/c1-8-10-3-2-9(13)6-11(10)15-5-4-14-7-12(8)15/h2-3,6,14H,4-5,7H2,1H3. The van der Waals surface area contributed by atoms with E-state index in [9.17, 15) is 0 Å². The molecule has 1 aliphatic heterocycles. The Kier molecular flexibility index (Phi) is 2.01. The van der Waals surface area contributed by atoms with E-state index in [1.54, 1.807) is 0 Å². The molecule has 1 aromatic heterocycles. The number of nitrogens with one attached hydrogen (secondary N) is 1. The molecule has 2 nitrogen and oxygen atoms in total. The highest BCUT2D eigenvalue weighted by Gasteiger charge is 2.16. The van der Waals surface area contributed by atoms with Crippen LogP contribution in [0.4, 0.5) is 0 Å². The second-order valence-corrected chi connectivity index (χ2v) is 4.50. The van der Waals surface area contributed by atoms with Crippen molar-refractivity contribution in [1.82, 2.24) is 9.88 Å². The predicted octanol–water partition coefficient (Wildman–Crippen LogP) is 2.71. The summed E-state index contributed by atoms with van der Waals surface area (Å²) in [6.45, 7) is 5.25. The zero-order chi connectivity index (χ0) is 10.4. The van der Waals surface area contributed by atoms with Gasteiger partial charge < -0.3 is 9.88 Å². The zero-order valence-corrected chi connectivity index (χ0v) is 9.43. The second kappa shape index (κ2) is 3.26. The number of halogens is 1. The van der Waals surface area contributed by atoms with Crippen molar-refractivity contribution in [3.63, 3.8) is 0 Å². The fourth-order valence-corrected chi connectivity index (χ4v) is 2.60. The Morgan fingerprint density at radius 3 is 3.13 bits per heavy atom. The Labute approximate surface area is 93.8 Å². The molecule has 78 valence electrons. The minimum Gasteiger partial charge on any atom is -0.342 e. The molecule has 1 aliphatic rings. The average Bonchev–Trinajstić information content (AvgIpc) is 2.54. The first-order chi connectivity index (χ1) is 7.27. The van der Waals surface area contributed by atoms with Gasteiger partial charge in [0.25, 0.3) is 0 Å². The molecule has 0 unspecified atom stereocenters. The van der Waals surface area contributed by atoms with E-state index in [0.717, 1.165) is 24.7 Å². The molecule has 0 spiro atoms. The molecule has 0 amide bonds. The minimum atomic E-state index is 0.821. The molecule has 0 saturated carbocycles. The van der Waals surface area contributed by atoms with Crippen molar-refractivity contribution in [2.75, 3.05) is 6.54 Å². The highest BCUT2D eigenvalue weighted by Crippen LogP contribution is 2.28. The van der Waals surface area contributed by atoms with Crippen LogP contribution in [0.3, 0.4) is 0 Å². The van der Waals surface area contributed by atoms with Crippen molar-refractivity contribution in [3.05, 3.63) is 34.5 Å². The van der Waals surface area contributed by atoms with Crippen LogP contribution in [0, 0.1) is 6.92 Å². The minimum absolute atomic E-state index is 0.821. The van der Waals surface area contributed by atoms with Crippen molar-refractivity contribution in [1.29, 1.82) is 0 Å². The van der Waals surface area contributed by atoms with Crippen LogP contribution in [-0.4, -0.2) is 11.1 Å². The lowest BCUT2D eigenvalue weighted by atomic mass is 10.1. The van der Waals surface area contributed by atoms with Crippen molar-refractivity contribution in [3.8, 4) is 0 Å². The van der Waals surface area contributed by atoms with Crippen molar-refractivity contribution >= 4 is 22.5 Å². The third kappa shape index (κ3) is 1.29. The number of aryl methyl sites for hydroxylation is 1. The lowest BCUT2D eigenvalue weighted by Crippen LogP contribution is -2.27. The molecule has 15 heavy (non-hydrogen) atoms. The van der Waals surface area contributed by atoms with E-state index in [0.29, 0.717) is 0 Å². The van der Waals surface area contributed by atoms with Gasteiger partial charge >= 0.3 is 0 Å². The van der Waals surface area contributed by atoms with Crippen molar-refractivity contribution in [2.45, 2.75) is 20.0 Å². The van der Waals surface area contributed by atoms with Crippen LogP contribution in [-0.2, 0) is 13.1 Å². The van der Waals surface area contributed by atoms with E-state index in [1.807, 2.05) is 6.07 Å². The van der Waals surface area contributed by atoms with E-state index < -0.39 is 0 Å². The number of hydrogen-bond acceptors (Lipinski definition) is 1. The molecule has 2 aromatic rings. The highest BCUT2D eigenvalue weighted by atomic mass is 35.5. The van der Waals surface area contributed by atoms with Gasteiger partial charge in [0.05, 0.1) is 5.52 Å². The van der Waals surface area contributed by atoms with E-state index in [2.05, 4.69) is 28.9 Å². The summed E-state index contributed by atoms with van der Waals surface area (Å²) in [7, 11) is 0. The van der Waals surface area contributed by atoms with Crippen LogP contribution in [0.2, 0.25) is 5.02 Å².